The van der Waals surface area contributed by atoms with E-state index >= 15 is 0 Å². The first-order chi connectivity index (χ1) is 28.5. The minimum Gasteiger partial charge on any atom is -0.462 e. The van der Waals surface area contributed by atoms with Gasteiger partial charge in [-0.2, -0.15) is 0 Å². The molecule has 0 saturated heterocycles. The van der Waals surface area contributed by atoms with Gasteiger partial charge in [0.25, 0.3) is 0 Å². The Hall–Kier alpha value is -3.41. The fraction of sp³-hybridized carbons (Fsp3) is 0.673. The van der Waals surface area contributed by atoms with Gasteiger partial charge < -0.3 is 14.2 Å². The Labute approximate surface area is 356 Å². The third-order valence-electron chi connectivity index (χ3n) is 9.61. The maximum atomic E-state index is 12.7. The summed E-state index contributed by atoms with van der Waals surface area (Å²) in [6.45, 7) is 6.29. The summed E-state index contributed by atoms with van der Waals surface area (Å²) in [7, 11) is 0. The first-order valence-corrected chi connectivity index (χ1v) is 23.6. The summed E-state index contributed by atoms with van der Waals surface area (Å²) in [6, 6.07) is 0. The van der Waals surface area contributed by atoms with Gasteiger partial charge in [0.05, 0.1) is 0 Å². The SMILES string of the molecule is CC/C=C\C/C=C\C/C=C\CCCCCCCCCCCC(=O)OCC(COC(=O)CCC/C=C\CCCCCC)OC(=O)CCCC/C=C\C/C=C\C/C=C\CC. The Morgan fingerprint density at radius 2 is 0.690 bits per heavy atom. The zero-order valence-electron chi connectivity index (χ0n) is 37.5. The fourth-order valence-corrected chi connectivity index (χ4v) is 6.12. The summed E-state index contributed by atoms with van der Waals surface area (Å²) in [5.41, 5.74) is 0. The molecule has 1 atom stereocenters. The third-order valence-corrected chi connectivity index (χ3v) is 9.61. The number of hydrogen-bond donors (Lipinski definition) is 0. The van der Waals surface area contributed by atoms with Crippen molar-refractivity contribution in [3.8, 4) is 0 Å². The first-order valence-electron chi connectivity index (χ1n) is 23.6. The predicted molar refractivity (Wildman–Crippen MR) is 247 cm³/mol. The van der Waals surface area contributed by atoms with Gasteiger partial charge in [0, 0.05) is 19.3 Å². The predicted octanol–water partition coefficient (Wildman–Crippen LogP) is 15.3. The van der Waals surface area contributed by atoms with Crippen LogP contribution < -0.4 is 0 Å². The van der Waals surface area contributed by atoms with Crippen molar-refractivity contribution in [3.63, 3.8) is 0 Å². The van der Waals surface area contributed by atoms with Gasteiger partial charge in [0.15, 0.2) is 6.10 Å². The molecular weight excluding hydrogens is 721 g/mol. The Bertz CT molecular complexity index is 1160. The van der Waals surface area contributed by atoms with Crippen molar-refractivity contribution < 1.29 is 28.6 Å². The molecule has 58 heavy (non-hydrogen) atoms. The largest absolute Gasteiger partial charge is 0.462 e. The average Bonchev–Trinajstić information content (AvgIpc) is 3.22. The van der Waals surface area contributed by atoms with E-state index in [-0.39, 0.29) is 37.5 Å². The molecule has 0 aromatic carbocycles. The molecule has 0 aliphatic carbocycles. The lowest BCUT2D eigenvalue weighted by Crippen LogP contribution is -2.30. The Morgan fingerprint density at radius 1 is 0.362 bits per heavy atom. The number of unbranched alkanes of at least 4 members (excludes halogenated alkanes) is 16. The highest BCUT2D eigenvalue weighted by Crippen LogP contribution is 2.13. The number of ether oxygens (including phenoxy) is 3. The molecule has 0 rings (SSSR count). The van der Waals surface area contributed by atoms with E-state index in [1.54, 1.807) is 0 Å². The third kappa shape index (κ3) is 43.7. The number of esters is 3. The van der Waals surface area contributed by atoms with Crippen LogP contribution in [0.25, 0.3) is 0 Å². The molecule has 0 aromatic heterocycles. The monoisotopic (exact) mass is 807 g/mol. The van der Waals surface area contributed by atoms with Crippen molar-refractivity contribution in [2.24, 2.45) is 0 Å². The molecule has 0 N–H and O–H groups in total. The summed E-state index contributed by atoms with van der Waals surface area (Å²) in [5, 5.41) is 0. The molecule has 0 amide bonds. The Morgan fingerprint density at radius 3 is 1.17 bits per heavy atom. The molecule has 0 fully saturated rings. The average molecular weight is 807 g/mol. The van der Waals surface area contributed by atoms with Crippen LogP contribution in [0.1, 0.15) is 207 Å². The summed E-state index contributed by atoms with van der Waals surface area (Å²) in [5.74, 6) is -0.993. The molecule has 1 unspecified atom stereocenters. The molecule has 0 aromatic rings. The molecule has 330 valence electrons. The molecule has 0 saturated carbocycles. The van der Waals surface area contributed by atoms with Crippen molar-refractivity contribution in [1.82, 2.24) is 0 Å². The van der Waals surface area contributed by atoms with Gasteiger partial charge >= 0.3 is 17.9 Å². The molecule has 0 radical (unpaired) electrons. The lowest BCUT2D eigenvalue weighted by Gasteiger charge is -2.18. The van der Waals surface area contributed by atoms with Crippen molar-refractivity contribution in [1.29, 1.82) is 0 Å². The summed E-state index contributed by atoms with van der Waals surface area (Å²) >= 11 is 0. The lowest BCUT2D eigenvalue weighted by molar-refractivity contribution is -0.167. The van der Waals surface area contributed by atoms with Gasteiger partial charge in [0.1, 0.15) is 13.2 Å². The van der Waals surface area contributed by atoms with Gasteiger partial charge in [-0.3, -0.25) is 14.4 Å². The molecule has 0 aliphatic heterocycles. The van der Waals surface area contributed by atoms with Crippen LogP contribution in [0, 0.1) is 0 Å². The smallest absolute Gasteiger partial charge is 0.306 e. The quantitative estimate of drug-likeness (QED) is 0.0265. The van der Waals surface area contributed by atoms with Gasteiger partial charge in [-0.1, -0.05) is 170 Å². The molecule has 6 nitrogen and oxygen atoms in total. The number of hydrogen-bond acceptors (Lipinski definition) is 6. The number of carbonyl (C=O) groups excluding carboxylic acids is 3. The van der Waals surface area contributed by atoms with Crippen molar-refractivity contribution in [3.05, 3.63) is 85.1 Å². The van der Waals surface area contributed by atoms with E-state index in [4.69, 9.17) is 14.2 Å². The normalized spacial score (nSPS) is 12.8. The van der Waals surface area contributed by atoms with E-state index in [0.717, 1.165) is 83.5 Å². The van der Waals surface area contributed by atoms with Gasteiger partial charge in [-0.05, 0) is 103 Å². The lowest BCUT2D eigenvalue weighted by atomic mass is 10.1. The van der Waals surface area contributed by atoms with Crippen LogP contribution in [0.3, 0.4) is 0 Å². The van der Waals surface area contributed by atoms with E-state index < -0.39 is 6.10 Å². The van der Waals surface area contributed by atoms with Crippen LogP contribution >= 0.6 is 0 Å². The fourth-order valence-electron chi connectivity index (χ4n) is 6.12. The van der Waals surface area contributed by atoms with Gasteiger partial charge in [-0.15, -0.1) is 0 Å². The molecule has 6 heteroatoms. The van der Waals surface area contributed by atoms with Crippen LogP contribution in [-0.2, 0) is 28.6 Å². The van der Waals surface area contributed by atoms with E-state index in [9.17, 15) is 14.4 Å². The maximum Gasteiger partial charge on any atom is 0.306 e. The topological polar surface area (TPSA) is 78.9 Å². The van der Waals surface area contributed by atoms with E-state index in [2.05, 4.69) is 106 Å². The van der Waals surface area contributed by atoms with Crippen molar-refractivity contribution >= 4 is 17.9 Å². The Kier molecular flexibility index (Phi) is 43.6. The minimum absolute atomic E-state index is 0.104. The van der Waals surface area contributed by atoms with Crippen molar-refractivity contribution in [2.75, 3.05) is 13.2 Å². The zero-order chi connectivity index (χ0) is 42.3. The summed E-state index contributed by atoms with van der Waals surface area (Å²) in [4.78, 5) is 37.7. The molecule has 0 aliphatic rings. The molecular formula is C52H86O6. The van der Waals surface area contributed by atoms with E-state index in [1.165, 1.54) is 70.6 Å². The zero-order valence-corrected chi connectivity index (χ0v) is 37.5. The second-order valence-electron chi connectivity index (χ2n) is 15.2. The molecule has 0 heterocycles. The number of allylic oxidation sites excluding steroid dienone is 14. The molecule has 0 bridgehead atoms. The second-order valence-corrected chi connectivity index (χ2v) is 15.2. The second kappa shape index (κ2) is 46.3. The first kappa shape index (κ1) is 54.6. The summed E-state index contributed by atoms with van der Waals surface area (Å²) in [6.07, 6.45) is 58.7. The van der Waals surface area contributed by atoms with Crippen LogP contribution in [0.5, 0.6) is 0 Å². The standard InChI is InChI=1S/C52H86O6/c1-4-7-10-13-16-19-21-23-24-25-26-27-28-29-31-33-36-39-42-45-51(54)57-48-49(47-56-50(53)44-41-38-35-32-18-15-12-9-6-3)58-52(55)46-43-40-37-34-30-22-20-17-14-11-8-5-2/h7-8,10-11,16-17,19-20,23-24,30,32,34-35,49H,4-6,9,12-15,18,21-22,25-29,31,33,36-48H2,1-3H3/b10-7-,11-8-,19-16-,20-17-,24-23-,34-30-,35-32-. The van der Waals surface area contributed by atoms with E-state index in [1.807, 2.05) is 0 Å². The summed E-state index contributed by atoms with van der Waals surface area (Å²) < 4.78 is 16.6. The van der Waals surface area contributed by atoms with Crippen LogP contribution in [0.15, 0.2) is 85.1 Å². The number of rotatable bonds is 41. The maximum absolute atomic E-state index is 12.7. The van der Waals surface area contributed by atoms with Crippen LogP contribution in [-0.4, -0.2) is 37.2 Å². The minimum atomic E-state index is -0.807. The number of carbonyl (C=O) groups is 3. The Balaban J connectivity index is 4.37. The van der Waals surface area contributed by atoms with Crippen molar-refractivity contribution in [2.45, 2.75) is 213 Å². The highest BCUT2D eigenvalue weighted by molar-refractivity contribution is 5.71. The highest BCUT2D eigenvalue weighted by Gasteiger charge is 2.19. The van der Waals surface area contributed by atoms with Crippen LogP contribution in [0.2, 0.25) is 0 Å². The molecule has 0 spiro atoms. The highest BCUT2D eigenvalue weighted by atomic mass is 16.6. The van der Waals surface area contributed by atoms with Gasteiger partial charge in [0.2, 0.25) is 0 Å². The van der Waals surface area contributed by atoms with E-state index in [0.29, 0.717) is 25.7 Å². The van der Waals surface area contributed by atoms with Gasteiger partial charge in [-0.25, -0.2) is 0 Å². The van der Waals surface area contributed by atoms with Crippen LogP contribution in [0.4, 0.5) is 0 Å².